The van der Waals surface area contributed by atoms with Gasteiger partial charge in [-0.15, -0.1) is 0 Å². The van der Waals surface area contributed by atoms with E-state index in [2.05, 4.69) is 43.2 Å². The third kappa shape index (κ3) is 5.35. The molecule has 0 aromatic heterocycles. The number of rotatable bonds is 7. The van der Waals surface area contributed by atoms with Crippen LogP contribution in [0.15, 0.2) is 72.3 Å². The van der Waals surface area contributed by atoms with Crippen molar-refractivity contribution in [3.8, 4) is 6.07 Å². The molecule has 2 amide bonds. The van der Waals surface area contributed by atoms with Gasteiger partial charge >= 0.3 is 6.03 Å². The standard InChI is InChI=1S/C28H32N8O3/c29-12-1-13-35-27-17-33(19-36(26(27)14-30-35)34-15-24-10-11-25(16-34)39-24)23-8-6-22(7-9-23)32-28(38)31-21-4-2-20(18-37)3-5-21/h2-9,14,17,24-25,30,37H,1,10-11,13,15-16,18-19H2,(H2,31,32,38). The Bertz CT molecular complexity index is 1290. The van der Waals surface area contributed by atoms with Crippen molar-refractivity contribution < 1.29 is 14.6 Å². The Morgan fingerprint density at radius 1 is 1.03 bits per heavy atom. The molecule has 4 aliphatic heterocycles. The van der Waals surface area contributed by atoms with E-state index in [0.29, 0.717) is 31.0 Å². The van der Waals surface area contributed by atoms with Crippen molar-refractivity contribution >= 4 is 23.1 Å². The fourth-order valence-electron chi connectivity index (χ4n) is 5.43. The molecule has 4 N–H and O–H groups in total. The van der Waals surface area contributed by atoms with Crippen LogP contribution in [0.4, 0.5) is 21.9 Å². The van der Waals surface area contributed by atoms with Crippen LogP contribution >= 0.6 is 0 Å². The predicted molar refractivity (Wildman–Crippen MR) is 146 cm³/mol. The molecule has 0 aliphatic carbocycles. The topological polar surface area (TPSA) is 119 Å². The van der Waals surface area contributed by atoms with Gasteiger partial charge in [0, 0.05) is 42.6 Å². The second kappa shape index (κ2) is 10.9. The number of morpholine rings is 1. The summed E-state index contributed by atoms with van der Waals surface area (Å²) in [6.45, 7) is 2.89. The summed E-state index contributed by atoms with van der Waals surface area (Å²) in [4.78, 5) is 14.7. The second-order valence-electron chi connectivity index (χ2n) is 10.1. The number of benzene rings is 2. The zero-order valence-electron chi connectivity index (χ0n) is 21.6. The molecule has 202 valence electrons. The Morgan fingerprint density at radius 2 is 1.69 bits per heavy atom. The summed E-state index contributed by atoms with van der Waals surface area (Å²) in [6, 6.07) is 16.7. The van der Waals surface area contributed by atoms with E-state index >= 15 is 0 Å². The van der Waals surface area contributed by atoms with Gasteiger partial charge in [0.2, 0.25) is 0 Å². The van der Waals surface area contributed by atoms with Crippen LogP contribution in [0, 0.1) is 11.3 Å². The van der Waals surface area contributed by atoms with Gasteiger partial charge in [-0.1, -0.05) is 12.1 Å². The summed E-state index contributed by atoms with van der Waals surface area (Å²) in [5, 5.41) is 30.7. The van der Waals surface area contributed by atoms with Gasteiger partial charge < -0.3 is 30.8 Å². The Labute approximate surface area is 227 Å². The first kappa shape index (κ1) is 25.1. The first-order chi connectivity index (χ1) is 19.1. The van der Waals surface area contributed by atoms with E-state index in [9.17, 15) is 9.90 Å². The van der Waals surface area contributed by atoms with Crippen LogP contribution in [0.2, 0.25) is 0 Å². The molecule has 2 atom stereocenters. The summed E-state index contributed by atoms with van der Waals surface area (Å²) in [7, 11) is 0. The maximum atomic E-state index is 12.5. The number of nitrogens with one attached hydrogen (secondary N) is 3. The molecule has 0 radical (unpaired) electrons. The van der Waals surface area contributed by atoms with E-state index < -0.39 is 0 Å². The molecular formula is C28H32N8O3. The molecule has 0 spiro atoms. The van der Waals surface area contributed by atoms with Gasteiger partial charge in [0.1, 0.15) is 6.67 Å². The lowest BCUT2D eigenvalue weighted by Crippen LogP contribution is -2.56. The number of fused-ring (bicyclic) bond motifs is 3. The van der Waals surface area contributed by atoms with E-state index in [1.165, 1.54) is 0 Å². The van der Waals surface area contributed by atoms with Gasteiger partial charge in [-0.3, -0.25) is 10.0 Å². The van der Waals surface area contributed by atoms with Crippen molar-refractivity contribution in [2.75, 3.05) is 41.8 Å². The summed E-state index contributed by atoms with van der Waals surface area (Å²) < 4.78 is 6.08. The van der Waals surface area contributed by atoms with Crippen LogP contribution in [0.25, 0.3) is 0 Å². The molecule has 2 aromatic rings. The maximum absolute atomic E-state index is 12.5. The number of aliphatic hydroxyl groups is 1. The van der Waals surface area contributed by atoms with E-state index in [1.54, 1.807) is 24.3 Å². The van der Waals surface area contributed by atoms with Gasteiger partial charge in [0.25, 0.3) is 0 Å². The number of amides is 2. The molecule has 0 saturated carbocycles. The number of nitrogens with zero attached hydrogens (tertiary/aromatic N) is 5. The van der Waals surface area contributed by atoms with E-state index in [4.69, 9.17) is 10.00 Å². The second-order valence-corrected chi connectivity index (χ2v) is 10.1. The summed E-state index contributed by atoms with van der Waals surface area (Å²) in [5.74, 6) is 0. The number of hydrazine groups is 2. The van der Waals surface area contributed by atoms with Crippen LogP contribution in [-0.4, -0.2) is 64.7 Å². The van der Waals surface area contributed by atoms with Gasteiger partial charge in [0.05, 0.1) is 49.2 Å². The van der Waals surface area contributed by atoms with E-state index in [0.717, 1.165) is 48.6 Å². The van der Waals surface area contributed by atoms with Crippen LogP contribution < -0.4 is 21.0 Å². The highest BCUT2D eigenvalue weighted by Crippen LogP contribution is 2.35. The van der Waals surface area contributed by atoms with Gasteiger partial charge in [-0.2, -0.15) is 5.26 Å². The smallest absolute Gasteiger partial charge is 0.323 e. The summed E-state index contributed by atoms with van der Waals surface area (Å²) in [6.07, 6.45) is 7.27. The van der Waals surface area contributed by atoms with Gasteiger partial charge in [0.15, 0.2) is 0 Å². The van der Waals surface area contributed by atoms with Crippen molar-refractivity contribution in [1.29, 1.82) is 5.26 Å². The maximum Gasteiger partial charge on any atom is 0.323 e. The highest BCUT2D eigenvalue weighted by molar-refractivity contribution is 5.99. The Morgan fingerprint density at radius 3 is 2.33 bits per heavy atom. The van der Waals surface area contributed by atoms with Gasteiger partial charge in [-0.25, -0.2) is 9.80 Å². The lowest BCUT2D eigenvalue weighted by molar-refractivity contribution is -0.114. The molecule has 2 unspecified atom stereocenters. The number of hydrogen-bond donors (Lipinski definition) is 4. The van der Waals surface area contributed by atoms with Gasteiger partial charge in [-0.05, 0) is 54.8 Å². The minimum absolute atomic E-state index is 0.0379. The lowest BCUT2D eigenvalue weighted by atomic mass is 10.2. The molecule has 2 fully saturated rings. The van der Waals surface area contributed by atoms with Crippen molar-refractivity contribution in [2.24, 2.45) is 0 Å². The Balaban J connectivity index is 1.17. The zero-order chi connectivity index (χ0) is 26.8. The van der Waals surface area contributed by atoms with Crippen LogP contribution in [0.1, 0.15) is 24.8 Å². The number of nitriles is 1. The average molecular weight is 529 g/mol. The molecule has 11 nitrogen and oxygen atoms in total. The molecule has 4 heterocycles. The number of hydrogen-bond acceptors (Lipinski definition) is 9. The number of ether oxygens (including phenoxy) is 1. The Hall–Kier alpha value is -4.24. The van der Waals surface area contributed by atoms with Crippen LogP contribution in [-0.2, 0) is 11.3 Å². The number of aliphatic hydroxyl groups excluding tert-OH is 1. The molecule has 2 bridgehead atoms. The quantitative estimate of drug-likeness (QED) is 0.430. The Kier molecular flexibility index (Phi) is 6.98. The molecule has 4 aliphatic rings. The van der Waals surface area contributed by atoms with Crippen LogP contribution in [0.3, 0.4) is 0 Å². The lowest BCUT2D eigenvalue weighted by Gasteiger charge is -2.46. The van der Waals surface area contributed by atoms with Crippen molar-refractivity contribution in [1.82, 2.24) is 20.5 Å². The molecular weight excluding hydrogens is 496 g/mol. The third-order valence-electron chi connectivity index (χ3n) is 7.42. The van der Waals surface area contributed by atoms with Crippen molar-refractivity contribution in [3.05, 3.63) is 77.9 Å². The first-order valence-corrected chi connectivity index (χ1v) is 13.2. The summed E-state index contributed by atoms with van der Waals surface area (Å²) in [5.41, 5.74) is 8.53. The fourth-order valence-corrected chi connectivity index (χ4v) is 5.43. The SMILES string of the molecule is N#CCCN1NC=C2C1=CN(c1ccc(NC(=O)Nc3ccc(CO)cc3)cc1)CN2N1CC2CCC(C1)O2. The number of urea groups is 1. The molecule has 2 aromatic carbocycles. The van der Waals surface area contributed by atoms with Crippen molar-refractivity contribution in [2.45, 2.75) is 38.1 Å². The van der Waals surface area contributed by atoms with Crippen LogP contribution in [0.5, 0.6) is 0 Å². The molecule has 11 heteroatoms. The van der Waals surface area contributed by atoms with E-state index in [1.807, 2.05) is 35.5 Å². The fraction of sp³-hybridized carbons (Fsp3) is 0.357. The largest absolute Gasteiger partial charge is 0.392 e. The highest BCUT2D eigenvalue weighted by atomic mass is 16.5. The summed E-state index contributed by atoms with van der Waals surface area (Å²) >= 11 is 0. The minimum atomic E-state index is -0.340. The average Bonchev–Trinajstić information content (AvgIpc) is 3.53. The number of carbonyl (C=O) groups is 1. The monoisotopic (exact) mass is 528 g/mol. The molecule has 39 heavy (non-hydrogen) atoms. The normalized spacial score (nSPS) is 22.0. The number of anilines is 3. The molecule has 6 rings (SSSR count). The zero-order valence-corrected chi connectivity index (χ0v) is 21.6. The number of carbonyl (C=O) groups excluding carboxylic acids is 1. The first-order valence-electron chi connectivity index (χ1n) is 13.2. The minimum Gasteiger partial charge on any atom is -0.392 e. The van der Waals surface area contributed by atoms with E-state index in [-0.39, 0.29) is 24.8 Å². The molecule has 2 saturated heterocycles. The van der Waals surface area contributed by atoms with Crippen molar-refractivity contribution in [3.63, 3.8) is 0 Å². The highest BCUT2D eigenvalue weighted by Gasteiger charge is 2.40. The third-order valence-corrected chi connectivity index (χ3v) is 7.42. The predicted octanol–water partition coefficient (Wildman–Crippen LogP) is 3.10.